The smallest absolute Gasteiger partial charge is 0.293 e. The minimum absolute atomic E-state index is 0.0552. The number of Topliss-reactive ketones (excluding diaryl/α,β-unsaturated/α-hetero) is 1. The maximum atomic E-state index is 14.6. The van der Waals surface area contributed by atoms with Gasteiger partial charge >= 0.3 is 0 Å². The van der Waals surface area contributed by atoms with Crippen LogP contribution in [0.1, 0.15) is 30.4 Å². The molecule has 0 aliphatic carbocycles. The molecule has 170 valence electrons. The van der Waals surface area contributed by atoms with Crippen molar-refractivity contribution in [3.05, 3.63) is 64.7 Å². The van der Waals surface area contributed by atoms with Crippen LogP contribution >= 0.6 is 0 Å². The predicted octanol–water partition coefficient (Wildman–Crippen LogP) is 5.16. The second kappa shape index (κ2) is 9.05. The van der Waals surface area contributed by atoms with Crippen LogP contribution in [0, 0.1) is 29.2 Å². The number of para-hydroxylation sites is 1. The molecule has 0 saturated heterocycles. The minimum Gasteiger partial charge on any atom is -0.293 e. The van der Waals surface area contributed by atoms with Crippen molar-refractivity contribution in [3.63, 3.8) is 0 Å². The Morgan fingerprint density at radius 3 is 2.03 bits per heavy atom. The van der Waals surface area contributed by atoms with E-state index in [1.165, 1.54) is 24.3 Å². The number of carbonyl (C=O) groups is 2. The van der Waals surface area contributed by atoms with Gasteiger partial charge in [0.2, 0.25) is 5.91 Å². The number of halogens is 8. The zero-order chi connectivity index (χ0) is 23.7. The Morgan fingerprint density at radius 2 is 1.53 bits per heavy atom. The van der Waals surface area contributed by atoms with E-state index in [0.717, 1.165) is 0 Å². The zero-order valence-corrected chi connectivity index (χ0v) is 15.8. The third-order valence-corrected chi connectivity index (χ3v) is 4.72. The highest BCUT2D eigenvalue weighted by Gasteiger charge is 2.39. The summed E-state index contributed by atoms with van der Waals surface area (Å²) in [7, 11) is 0. The summed E-state index contributed by atoms with van der Waals surface area (Å²) >= 11 is 0. The van der Waals surface area contributed by atoms with E-state index in [0.29, 0.717) is 5.01 Å². The molecule has 4 nitrogen and oxygen atoms in total. The van der Waals surface area contributed by atoms with Gasteiger partial charge in [0.1, 0.15) is 0 Å². The van der Waals surface area contributed by atoms with Gasteiger partial charge in [-0.15, -0.1) is 0 Å². The molecule has 0 spiro atoms. The third-order valence-electron chi connectivity index (χ3n) is 4.72. The van der Waals surface area contributed by atoms with Crippen LogP contribution in [0.5, 0.6) is 0 Å². The summed E-state index contributed by atoms with van der Waals surface area (Å²) in [6.07, 6.45) is -9.31. The van der Waals surface area contributed by atoms with Crippen LogP contribution < -0.4 is 5.01 Å². The van der Waals surface area contributed by atoms with Crippen molar-refractivity contribution in [2.45, 2.75) is 25.7 Å². The Kier molecular flexibility index (Phi) is 6.60. The largest absolute Gasteiger partial charge is 0.296 e. The first-order valence-corrected chi connectivity index (χ1v) is 8.96. The van der Waals surface area contributed by atoms with E-state index in [1.54, 1.807) is 6.07 Å². The minimum atomic E-state index is -3.90. The number of benzene rings is 2. The number of hydrazone groups is 1. The molecule has 1 unspecified atom stereocenters. The molecule has 0 aromatic heterocycles. The predicted molar refractivity (Wildman–Crippen MR) is 95.4 cm³/mol. The Bertz CT molecular complexity index is 1060. The van der Waals surface area contributed by atoms with Gasteiger partial charge in [0.25, 0.3) is 12.9 Å². The van der Waals surface area contributed by atoms with Gasteiger partial charge in [0.15, 0.2) is 29.1 Å². The fourth-order valence-electron chi connectivity index (χ4n) is 3.23. The first-order valence-electron chi connectivity index (χ1n) is 8.96. The number of hydrogen-bond acceptors (Lipinski definition) is 3. The summed E-state index contributed by atoms with van der Waals surface area (Å²) in [5, 5.41) is 4.28. The molecular formula is C20H12F8N2O2. The first kappa shape index (κ1) is 23.4. The lowest BCUT2D eigenvalue weighted by Gasteiger charge is -2.30. The summed E-state index contributed by atoms with van der Waals surface area (Å²) in [5.74, 6) is -13.6. The summed E-state index contributed by atoms with van der Waals surface area (Å²) in [5.41, 5.74) is -4.61. The lowest BCUT2D eigenvalue weighted by Crippen LogP contribution is -2.39. The SMILES string of the molecule is O=C(CC1CC(=O)N(c2ccccc2)N=C1c1c(F)c(F)c(C(F)F)c(F)c1F)C(F)F. The van der Waals surface area contributed by atoms with Crippen molar-refractivity contribution in [1.29, 1.82) is 0 Å². The number of anilines is 1. The van der Waals surface area contributed by atoms with Crippen LogP contribution in [-0.4, -0.2) is 23.8 Å². The Hall–Kier alpha value is -3.31. The van der Waals surface area contributed by atoms with Crippen molar-refractivity contribution >= 4 is 23.1 Å². The molecule has 0 saturated carbocycles. The summed E-state index contributed by atoms with van der Waals surface area (Å²) in [4.78, 5) is 24.0. The lowest BCUT2D eigenvalue weighted by atomic mass is 9.86. The molecule has 0 N–H and O–H groups in total. The molecule has 0 radical (unpaired) electrons. The van der Waals surface area contributed by atoms with Crippen LogP contribution in [-0.2, 0) is 9.59 Å². The van der Waals surface area contributed by atoms with Crippen LogP contribution in [0.2, 0.25) is 0 Å². The molecule has 1 aliphatic rings. The van der Waals surface area contributed by atoms with E-state index in [2.05, 4.69) is 5.10 Å². The van der Waals surface area contributed by atoms with Crippen molar-refractivity contribution < 1.29 is 44.7 Å². The van der Waals surface area contributed by atoms with E-state index in [-0.39, 0.29) is 5.69 Å². The van der Waals surface area contributed by atoms with Gasteiger partial charge < -0.3 is 0 Å². The zero-order valence-electron chi connectivity index (χ0n) is 15.8. The molecule has 1 atom stereocenters. The van der Waals surface area contributed by atoms with Crippen molar-refractivity contribution in [2.24, 2.45) is 11.0 Å². The third kappa shape index (κ3) is 4.21. The van der Waals surface area contributed by atoms with Crippen LogP contribution in [0.4, 0.5) is 40.8 Å². The van der Waals surface area contributed by atoms with E-state index >= 15 is 0 Å². The second-order valence-corrected chi connectivity index (χ2v) is 6.74. The van der Waals surface area contributed by atoms with Gasteiger partial charge in [0.05, 0.1) is 22.5 Å². The number of hydrogen-bond donors (Lipinski definition) is 0. The van der Waals surface area contributed by atoms with Crippen LogP contribution in [0.25, 0.3) is 0 Å². The van der Waals surface area contributed by atoms with Gasteiger partial charge in [-0.05, 0) is 12.1 Å². The first-order chi connectivity index (χ1) is 15.0. The molecule has 1 aliphatic heterocycles. The topological polar surface area (TPSA) is 49.7 Å². The normalized spacial score (nSPS) is 16.7. The molecule has 0 fully saturated rings. The Balaban J connectivity index is 2.24. The van der Waals surface area contributed by atoms with E-state index < -0.39 is 83.4 Å². The number of alkyl halides is 4. The van der Waals surface area contributed by atoms with E-state index in [1.807, 2.05) is 0 Å². The molecule has 32 heavy (non-hydrogen) atoms. The van der Waals surface area contributed by atoms with Crippen molar-refractivity contribution in [3.8, 4) is 0 Å². The standard InChI is InChI=1S/C20H12F8N2O2/c21-14-12(15(22)17(24)13(16(14)23)20(27)28)18-8(6-10(31)19(25)26)7-11(32)30(29-18)9-4-2-1-3-5-9/h1-5,8,19-20H,6-7H2. The van der Waals surface area contributed by atoms with E-state index in [9.17, 15) is 44.7 Å². The highest BCUT2D eigenvalue weighted by atomic mass is 19.3. The number of amides is 1. The second-order valence-electron chi connectivity index (χ2n) is 6.74. The molecule has 0 bridgehead atoms. The average Bonchev–Trinajstić information content (AvgIpc) is 2.74. The summed E-state index contributed by atoms with van der Waals surface area (Å²) in [6, 6.07) is 7.17. The van der Waals surface area contributed by atoms with Crippen LogP contribution in [0.15, 0.2) is 35.4 Å². The summed E-state index contributed by atoms with van der Waals surface area (Å²) in [6.45, 7) is 0. The highest BCUT2D eigenvalue weighted by molar-refractivity contribution is 6.11. The van der Waals surface area contributed by atoms with Crippen molar-refractivity contribution in [2.75, 3.05) is 5.01 Å². The van der Waals surface area contributed by atoms with Crippen LogP contribution in [0.3, 0.4) is 0 Å². The van der Waals surface area contributed by atoms with Gasteiger partial charge in [-0.25, -0.2) is 40.1 Å². The molecule has 1 amide bonds. The lowest BCUT2D eigenvalue weighted by molar-refractivity contribution is -0.130. The fraction of sp³-hybridized carbons (Fsp3) is 0.250. The molecule has 3 rings (SSSR count). The van der Waals surface area contributed by atoms with Gasteiger partial charge in [-0.2, -0.15) is 5.10 Å². The number of carbonyl (C=O) groups excluding carboxylic acids is 2. The summed E-state index contributed by atoms with van der Waals surface area (Å²) < 4.78 is 109. The average molecular weight is 464 g/mol. The highest BCUT2D eigenvalue weighted by Crippen LogP contribution is 2.35. The fourth-order valence-corrected chi connectivity index (χ4v) is 3.23. The Labute approximate surface area is 175 Å². The molecule has 1 heterocycles. The van der Waals surface area contributed by atoms with Gasteiger partial charge in [-0.1, -0.05) is 18.2 Å². The van der Waals surface area contributed by atoms with Gasteiger partial charge in [0, 0.05) is 18.8 Å². The van der Waals surface area contributed by atoms with Gasteiger partial charge in [-0.3, -0.25) is 9.59 Å². The number of rotatable bonds is 6. The monoisotopic (exact) mass is 464 g/mol. The number of ketones is 1. The number of nitrogens with zero attached hydrogens (tertiary/aromatic N) is 2. The Morgan fingerprint density at radius 1 is 0.969 bits per heavy atom. The molecule has 12 heteroatoms. The van der Waals surface area contributed by atoms with E-state index in [4.69, 9.17) is 0 Å². The molecule has 2 aromatic rings. The maximum absolute atomic E-state index is 14.6. The molecular weight excluding hydrogens is 452 g/mol. The molecule has 2 aromatic carbocycles. The maximum Gasteiger partial charge on any atom is 0.296 e. The van der Waals surface area contributed by atoms with Crippen molar-refractivity contribution in [1.82, 2.24) is 0 Å². The quantitative estimate of drug-likeness (QED) is 0.438.